The van der Waals surface area contributed by atoms with E-state index in [9.17, 15) is 9.18 Å². The van der Waals surface area contributed by atoms with Crippen LogP contribution in [-0.2, 0) is 11.3 Å². The lowest BCUT2D eigenvalue weighted by Gasteiger charge is -2.23. The predicted octanol–water partition coefficient (Wildman–Crippen LogP) is 3.99. The van der Waals surface area contributed by atoms with E-state index in [1.54, 1.807) is 17.0 Å². The normalized spacial score (nSPS) is 10.4. The van der Waals surface area contributed by atoms with Gasteiger partial charge in [0.05, 0.1) is 4.47 Å². The number of hydrogen-bond donors (Lipinski definition) is 1. The number of nitrogens with zero attached hydrogens (tertiary/aromatic N) is 1. The third kappa shape index (κ3) is 4.29. The smallest absolute Gasteiger partial charge is 0.323 e. The van der Waals surface area contributed by atoms with Crippen molar-refractivity contribution in [2.75, 3.05) is 11.4 Å². The number of carboxylic acid groups (broad SMARTS) is 1. The van der Waals surface area contributed by atoms with Crippen LogP contribution in [0.15, 0.2) is 46.9 Å². The van der Waals surface area contributed by atoms with E-state index in [-0.39, 0.29) is 12.4 Å². The van der Waals surface area contributed by atoms with Gasteiger partial charge in [-0.1, -0.05) is 23.8 Å². The van der Waals surface area contributed by atoms with E-state index in [2.05, 4.69) is 15.9 Å². The van der Waals surface area contributed by atoms with Gasteiger partial charge in [0.15, 0.2) is 0 Å². The second-order valence-electron chi connectivity index (χ2n) is 4.83. The van der Waals surface area contributed by atoms with Crippen molar-refractivity contribution in [3.8, 4) is 0 Å². The molecule has 21 heavy (non-hydrogen) atoms. The second kappa shape index (κ2) is 6.72. The Morgan fingerprint density at radius 1 is 1.24 bits per heavy atom. The van der Waals surface area contributed by atoms with E-state index in [0.29, 0.717) is 11.0 Å². The number of rotatable bonds is 5. The number of hydrogen-bond acceptors (Lipinski definition) is 2. The van der Waals surface area contributed by atoms with Crippen LogP contribution in [0.2, 0.25) is 0 Å². The first-order valence-electron chi connectivity index (χ1n) is 6.43. The summed E-state index contributed by atoms with van der Waals surface area (Å²) in [6, 6.07) is 12.4. The molecule has 0 fully saturated rings. The monoisotopic (exact) mass is 351 g/mol. The third-order valence-corrected chi connectivity index (χ3v) is 3.73. The summed E-state index contributed by atoms with van der Waals surface area (Å²) < 4.78 is 14.0. The fourth-order valence-electron chi connectivity index (χ4n) is 2.02. The Morgan fingerprint density at radius 2 is 1.90 bits per heavy atom. The molecule has 2 aromatic carbocycles. The highest BCUT2D eigenvalue weighted by atomic mass is 79.9. The van der Waals surface area contributed by atoms with E-state index >= 15 is 0 Å². The zero-order valence-corrected chi connectivity index (χ0v) is 13.1. The highest BCUT2D eigenvalue weighted by Gasteiger charge is 2.12. The third-order valence-electron chi connectivity index (χ3n) is 3.08. The fourth-order valence-corrected chi connectivity index (χ4v) is 2.26. The van der Waals surface area contributed by atoms with Gasteiger partial charge in [-0.25, -0.2) is 4.39 Å². The summed E-state index contributed by atoms with van der Waals surface area (Å²) in [6.07, 6.45) is 0. The van der Waals surface area contributed by atoms with Gasteiger partial charge in [0, 0.05) is 12.2 Å². The largest absolute Gasteiger partial charge is 0.480 e. The van der Waals surface area contributed by atoms with E-state index < -0.39 is 5.97 Å². The van der Waals surface area contributed by atoms with E-state index in [0.717, 1.165) is 16.8 Å². The molecule has 110 valence electrons. The SMILES string of the molecule is Cc1ccc(N(CC(=O)O)Cc2ccc(Br)c(F)c2)cc1. The summed E-state index contributed by atoms with van der Waals surface area (Å²) in [5.41, 5.74) is 2.62. The van der Waals surface area contributed by atoms with Crippen LogP contribution in [0.4, 0.5) is 10.1 Å². The van der Waals surface area contributed by atoms with Gasteiger partial charge in [-0.05, 0) is 52.7 Å². The highest BCUT2D eigenvalue weighted by Crippen LogP contribution is 2.21. The maximum atomic E-state index is 13.6. The number of carbonyl (C=O) groups is 1. The van der Waals surface area contributed by atoms with Crippen LogP contribution >= 0.6 is 15.9 Å². The Kier molecular flexibility index (Phi) is 4.96. The molecular formula is C16H15BrFNO2. The second-order valence-corrected chi connectivity index (χ2v) is 5.69. The maximum absolute atomic E-state index is 13.6. The van der Waals surface area contributed by atoms with Crippen LogP contribution in [0.3, 0.4) is 0 Å². The van der Waals surface area contributed by atoms with Gasteiger partial charge in [-0.2, -0.15) is 0 Å². The molecular weight excluding hydrogens is 337 g/mol. The molecule has 0 amide bonds. The molecule has 5 heteroatoms. The van der Waals surface area contributed by atoms with Crippen LogP contribution in [0.25, 0.3) is 0 Å². The van der Waals surface area contributed by atoms with Gasteiger partial charge < -0.3 is 10.0 Å². The molecule has 0 aliphatic rings. The minimum absolute atomic E-state index is 0.138. The first-order chi connectivity index (χ1) is 9.95. The van der Waals surface area contributed by atoms with Crippen molar-refractivity contribution < 1.29 is 14.3 Å². The number of halogens is 2. The Labute approximate surface area is 131 Å². The van der Waals surface area contributed by atoms with Gasteiger partial charge in [-0.3, -0.25) is 4.79 Å². The predicted molar refractivity (Wildman–Crippen MR) is 84.0 cm³/mol. The number of anilines is 1. The van der Waals surface area contributed by atoms with Crippen molar-refractivity contribution in [3.05, 3.63) is 63.9 Å². The molecule has 0 aromatic heterocycles. The van der Waals surface area contributed by atoms with Crippen molar-refractivity contribution in [3.63, 3.8) is 0 Å². The fraction of sp³-hybridized carbons (Fsp3) is 0.188. The molecule has 1 N–H and O–H groups in total. The molecule has 0 heterocycles. The molecule has 0 aliphatic carbocycles. The summed E-state index contributed by atoms with van der Waals surface area (Å²) in [4.78, 5) is 12.7. The van der Waals surface area contributed by atoms with Crippen molar-refractivity contribution in [1.82, 2.24) is 0 Å². The van der Waals surface area contributed by atoms with Gasteiger partial charge in [-0.15, -0.1) is 0 Å². The summed E-state index contributed by atoms with van der Waals surface area (Å²) >= 11 is 3.11. The lowest BCUT2D eigenvalue weighted by molar-refractivity contribution is -0.135. The number of aryl methyl sites for hydroxylation is 1. The first-order valence-corrected chi connectivity index (χ1v) is 7.22. The van der Waals surface area contributed by atoms with Gasteiger partial charge in [0.25, 0.3) is 0 Å². The molecule has 2 rings (SSSR count). The number of benzene rings is 2. The average molecular weight is 352 g/mol. The van der Waals surface area contributed by atoms with Crippen LogP contribution < -0.4 is 4.90 Å². The average Bonchev–Trinajstić information content (AvgIpc) is 2.42. The van der Waals surface area contributed by atoms with E-state index in [1.165, 1.54) is 6.07 Å². The van der Waals surface area contributed by atoms with Crippen molar-refractivity contribution in [2.45, 2.75) is 13.5 Å². The maximum Gasteiger partial charge on any atom is 0.323 e. The molecule has 3 nitrogen and oxygen atoms in total. The molecule has 0 unspecified atom stereocenters. The minimum Gasteiger partial charge on any atom is -0.480 e. The summed E-state index contributed by atoms with van der Waals surface area (Å²) in [5, 5.41) is 9.05. The topological polar surface area (TPSA) is 40.5 Å². The number of carboxylic acids is 1. The Balaban J connectivity index is 2.25. The van der Waals surface area contributed by atoms with Crippen LogP contribution in [0.5, 0.6) is 0 Å². The highest BCUT2D eigenvalue weighted by molar-refractivity contribution is 9.10. The quantitative estimate of drug-likeness (QED) is 0.885. The molecule has 0 bridgehead atoms. The summed E-state index contributed by atoms with van der Waals surface area (Å²) in [7, 11) is 0. The van der Waals surface area contributed by atoms with Crippen LogP contribution in [-0.4, -0.2) is 17.6 Å². The molecule has 0 saturated heterocycles. The minimum atomic E-state index is -0.923. The molecule has 0 atom stereocenters. The Bertz CT molecular complexity index is 643. The zero-order valence-electron chi connectivity index (χ0n) is 11.5. The van der Waals surface area contributed by atoms with E-state index in [4.69, 9.17) is 5.11 Å². The van der Waals surface area contributed by atoms with Crippen molar-refractivity contribution >= 4 is 27.6 Å². The van der Waals surface area contributed by atoms with Crippen LogP contribution in [0.1, 0.15) is 11.1 Å². The van der Waals surface area contributed by atoms with Gasteiger partial charge >= 0.3 is 5.97 Å². The standard InChI is InChI=1S/C16H15BrFNO2/c1-11-2-5-13(6-3-11)19(10-16(20)21)9-12-4-7-14(17)15(18)8-12/h2-8H,9-10H2,1H3,(H,20,21). The lowest BCUT2D eigenvalue weighted by Crippen LogP contribution is -2.29. The number of aliphatic carboxylic acids is 1. The molecule has 2 aromatic rings. The Morgan fingerprint density at radius 3 is 2.48 bits per heavy atom. The van der Waals surface area contributed by atoms with Crippen molar-refractivity contribution in [2.24, 2.45) is 0 Å². The molecule has 0 aliphatic heterocycles. The lowest BCUT2D eigenvalue weighted by atomic mass is 10.1. The zero-order chi connectivity index (χ0) is 15.4. The molecule has 0 saturated carbocycles. The molecule has 0 spiro atoms. The Hall–Kier alpha value is -1.88. The van der Waals surface area contributed by atoms with Crippen LogP contribution in [0, 0.1) is 12.7 Å². The van der Waals surface area contributed by atoms with Crippen molar-refractivity contribution in [1.29, 1.82) is 0 Å². The van der Waals surface area contributed by atoms with Gasteiger partial charge in [0.2, 0.25) is 0 Å². The van der Waals surface area contributed by atoms with E-state index in [1.807, 2.05) is 31.2 Å². The summed E-state index contributed by atoms with van der Waals surface area (Å²) in [5.74, 6) is -1.28. The molecule has 0 radical (unpaired) electrons. The van der Waals surface area contributed by atoms with Gasteiger partial charge in [0.1, 0.15) is 12.4 Å². The first kappa shape index (κ1) is 15.5. The summed E-state index contributed by atoms with van der Waals surface area (Å²) in [6.45, 7) is 2.16.